The molecule has 0 aliphatic rings. The van der Waals surface area contributed by atoms with Crippen LogP contribution in [0.1, 0.15) is 28.9 Å². The van der Waals surface area contributed by atoms with Crippen LogP contribution in [0.25, 0.3) is 11.0 Å². The molecule has 0 saturated carbocycles. The summed E-state index contributed by atoms with van der Waals surface area (Å²) in [6.07, 6.45) is 2.43. The van der Waals surface area contributed by atoms with E-state index < -0.39 is 29.5 Å². The van der Waals surface area contributed by atoms with Gasteiger partial charge in [-0.2, -0.15) is 0 Å². The molecule has 3 N–H and O–H groups in total. The number of anilines is 1. The maximum Gasteiger partial charge on any atom is 0.338 e. The number of carbonyl (C=O) groups is 1. The van der Waals surface area contributed by atoms with Gasteiger partial charge in [-0.15, -0.1) is 0 Å². The van der Waals surface area contributed by atoms with Crippen LogP contribution in [0.3, 0.4) is 0 Å². The van der Waals surface area contributed by atoms with Gasteiger partial charge in [-0.25, -0.2) is 27.9 Å². The normalized spacial score (nSPS) is 12.1. The molecule has 0 aliphatic carbocycles. The van der Waals surface area contributed by atoms with Crippen LogP contribution in [0, 0.1) is 17.5 Å². The Labute approximate surface area is 157 Å². The van der Waals surface area contributed by atoms with Crippen molar-refractivity contribution in [1.29, 1.82) is 0 Å². The van der Waals surface area contributed by atoms with Crippen LogP contribution in [0.15, 0.2) is 30.7 Å². The zero-order chi connectivity index (χ0) is 20.3. The number of carboxylic acid groups (broad SMARTS) is 1. The molecule has 0 fully saturated rings. The van der Waals surface area contributed by atoms with Gasteiger partial charge in [0.1, 0.15) is 23.2 Å². The molecule has 3 rings (SSSR count). The van der Waals surface area contributed by atoms with Gasteiger partial charge in [0.25, 0.3) is 0 Å². The monoisotopic (exact) mass is 391 g/mol. The van der Waals surface area contributed by atoms with Crippen molar-refractivity contribution in [3.05, 3.63) is 59.3 Å². The summed E-state index contributed by atoms with van der Waals surface area (Å²) in [6.45, 7) is 2.55. The fourth-order valence-electron chi connectivity index (χ4n) is 2.74. The Morgan fingerprint density at radius 3 is 2.57 bits per heavy atom. The van der Waals surface area contributed by atoms with Gasteiger partial charge in [0.15, 0.2) is 17.5 Å². The number of carboxylic acids is 1. The molecule has 1 aromatic carbocycles. The lowest BCUT2D eigenvalue weighted by molar-refractivity contribution is 0.0698. The predicted octanol–water partition coefficient (Wildman–Crippen LogP) is 2.90. The van der Waals surface area contributed by atoms with Crippen molar-refractivity contribution >= 4 is 22.8 Å². The topological polar surface area (TPSA) is 100 Å². The van der Waals surface area contributed by atoms with E-state index in [1.54, 1.807) is 0 Å². The largest absolute Gasteiger partial charge is 0.478 e. The molecule has 2 aromatic heterocycles. The van der Waals surface area contributed by atoms with Crippen LogP contribution in [-0.4, -0.2) is 39.1 Å². The third-order valence-corrected chi connectivity index (χ3v) is 4.08. The number of aromatic nitrogens is 3. The first-order chi connectivity index (χ1) is 13.4. The average molecular weight is 391 g/mol. The van der Waals surface area contributed by atoms with Crippen molar-refractivity contribution < 1.29 is 23.1 Å². The number of fused-ring (bicyclic) bond motifs is 1. The lowest BCUT2D eigenvalue weighted by atomic mass is 10.1. The first-order valence-electron chi connectivity index (χ1n) is 8.37. The molecule has 28 heavy (non-hydrogen) atoms. The number of hydrogen-bond donors (Lipinski definition) is 3. The maximum atomic E-state index is 14.3. The van der Waals surface area contributed by atoms with Gasteiger partial charge < -0.3 is 15.7 Å². The van der Waals surface area contributed by atoms with E-state index in [2.05, 4.69) is 25.6 Å². The number of benzene rings is 1. The maximum absolute atomic E-state index is 14.3. The summed E-state index contributed by atoms with van der Waals surface area (Å²) in [4.78, 5) is 23.5. The average Bonchev–Trinajstić information content (AvgIpc) is 2.67. The number of rotatable bonds is 7. The summed E-state index contributed by atoms with van der Waals surface area (Å²) in [6, 6.07) is 1.72. The summed E-state index contributed by atoms with van der Waals surface area (Å²) in [5, 5.41) is 15.2. The molecule has 0 unspecified atom stereocenters. The van der Waals surface area contributed by atoms with Crippen LogP contribution in [-0.2, 0) is 0 Å². The third-order valence-electron chi connectivity index (χ3n) is 4.08. The van der Waals surface area contributed by atoms with Gasteiger partial charge in [-0.1, -0.05) is 6.92 Å². The van der Waals surface area contributed by atoms with Gasteiger partial charge in [0.2, 0.25) is 0 Å². The molecule has 10 heteroatoms. The van der Waals surface area contributed by atoms with Crippen LogP contribution < -0.4 is 10.6 Å². The second-order valence-corrected chi connectivity index (χ2v) is 5.88. The number of aromatic carboxylic acids is 1. The van der Waals surface area contributed by atoms with Crippen LogP contribution >= 0.6 is 0 Å². The number of nitrogens with zero attached hydrogens (tertiary/aromatic N) is 3. The molecule has 2 heterocycles. The van der Waals surface area contributed by atoms with E-state index in [-0.39, 0.29) is 34.5 Å². The molecule has 0 radical (unpaired) electrons. The second kappa shape index (κ2) is 8.17. The molecule has 0 saturated heterocycles. The number of hydrogen-bond acceptors (Lipinski definition) is 6. The third kappa shape index (κ3) is 3.86. The van der Waals surface area contributed by atoms with Gasteiger partial charge >= 0.3 is 5.97 Å². The Bertz CT molecular complexity index is 1030. The quantitative estimate of drug-likeness (QED) is 0.533. The fourth-order valence-corrected chi connectivity index (χ4v) is 2.74. The van der Waals surface area contributed by atoms with E-state index in [0.29, 0.717) is 12.6 Å². The highest BCUT2D eigenvalue weighted by atomic mass is 19.2. The van der Waals surface area contributed by atoms with Crippen molar-refractivity contribution in [3.8, 4) is 0 Å². The van der Waals surface area contributed by atoms with Crippen molar-refractivity contribution in [3.63, 3.8) is 0 Å². The Hall–Kier alpha value is -3.27. The summed E-state index contributed by atoms with van der Waals surface area (Å²) < 4.78 is 41.3. The molecule has 0 bridgehead atoms. The predicted molar refractivity (Wildman–Crippen MR) is 95.5 cm³/mol. The van der Waals surface area contributed by atoms with Crippen molar-refractivity contribution in [2.75, 3.05) is 18.4 Å². The summed E-state index contributed by atoms with van der Waals surface area (Å²) in [5.74, 6) is -4.44. The molecule has 0 amide bonds. The molecule has 7 nitrogen and oxygen atoms in total. The fraction of sp³-hybridized carbons (Fsp3) is 0.222. The number of nitrogens with one attached hydrogen (secondary N) is 2. The van der Waals surface area contributed by atoms with Gasteiger partial charge in [0.05, 0.1) is 11.6 Å². The lowest BCUT2D eigenvalue weighted by Gasteiger charge is -2.21. The van der Waals surface area contributed by atoms with Crippen LogP contribution in [0.2, 0.25) is 0 Å². The Kier molecular flexibility index (Phi) is 5.69. The summed E-state index contributed by atoms with van der Waals surface area (Å²) in [5.41, 5.74) is 0.0750. The molecule has 3 aromatic rings. The lowest BCUT2D eigenvalue weighted by Crippen LogP contribution is -2.27. The van der Waals surface area contributed by atoms with Gasteiger partial charge in [-0.3, -0.25) is 4.98 Å². The van der Waals surface area contributed by atoms with E-state index in [9.17, 15) is 23.1 Å². The minimum Gasteiger partial charge on any atom is -0.478 e. The minimum absolute atomic E-state index is 0.0716. The van der Waals surface area contributed by atoms with Gasteiger partial charge in [-0.05, 0) is 18.7 Å². The van der Waals surface area contributed by atoms with Crippen LogP contribution in [0.4, 0.5) is 19.0 Å². The Morgan fingerprint density at radius 1 is 1.11 bits per heavy atom. The van der Waals surface area contributed by atoms with E-state index in [4.69, 9.17) is 0 Å². The molecular formula is C18H16F3N5O2. The van der Waals surface area contributed by atoms with E-state index in [1.165, 1.54) is 12.3 Å². The van der Waals surface area contributed by atoms with Crippen molar-refractivity contribution in [1.82, 2.24) is 20.3 Å². The van der Waals surface area contributed by atoms with E-state index >= 15 is 0 Å². The first kappa shape index (κ1) is 19.5. The number of pyridine rings is 1. The highest BCUT2D eigenvalue weighted by Crippen LogP contribution is 2.27. The zero-order valence-corrected chi connectivity index (χ0v) is 14.7. The summed E-state index contributed by atoms with van der Waals surface area (Å²) >= 11 is 0. The van der Waals surface area contributed by atoms with E-state index in [0.717, 1.165) is 12.4 Å². The molecular weight excluding hydrogens is 375 g/mol. The number of halogens is 3. The Balaban J connectivity index is 2.06. The SMILES string of the molecule is CCNC[C@@H](Nc1ncnc2c(C(=O)O)ccnc12)c1cc(F)c(F)cc1F. The molecule has 0 spiro atoms. The highest BCUT2D eigenvalue weighted by Gasteiger charge is 2.21. The minimum atomic E-state index is -1.29. The van der Waals surface area contributed by atoms with Gasteiger partial charge in [0, 0.05) is 24.4 Å². The summed E-state index contributed by atoms with van der Waals surface area (Å²) in [7, 11) is 0. The van der Waals surface area contributed by atoms with Crippen molar-refractivity contribution in [2.45, 2.75) is 13.0 Å². The highest BCUT2D eigenvalue weighted by molar-refractivity contribution is 6.02. The zero-order valence-electron chi connectivity index (χ0n) is 14.7. The molecule has 146 valence electrons. The van der Waals surface area contributed by atoms with E-state index in [1.807, 2.05) is 6.92 Å². The Morgan fingerprint density at radius 2 is 1.86 bits per heavy atom. The van der Waals surface area contributed by atoms with Crippen LogP contribution in [0.5, 0.6) is 0 Å². The molecule has 1 atom stereocenters. The van der Waals surface area contributed by atoms with Crippen molar-refractivity contribution in [2.24, 2.45) is 0 Å². The number of likely N-dealkylation sites (N-methyl/N-ethyl adjacent to an activating group) is 1. The standard InChI is InChI=1S/C18H16F3N5O2/c1-2-22-7-14(10-5-12(20)13(21)6-11(10)19)26-17-16-15(24-8-25-17)9(18(27)28)3-4-23-16/h3-6,8,14,22H,2,7H2,1H3,(H,27,28)(H,24,25,26)/t14-/m1/s1. The second-order valence-electron chi connectivity index (χ2n) is 5.88. The first-order valence-corrected chi connectivity index (χ1v) is 8.37. The molecule has 0 aliphatic heterocycles. The smallest absolute Gasteiger partial charge is 0.338 e.